The van der Waals surface area contributed by atoms with Crippen molar-refractivity contribution >= 4 is 29.9 Å². The molecule has 0 radical (unpaired) electrons. The first-order valence-corrected chi connectivity index (χ1v) is 5.98. The number of nitrogens with two attached hydrogens (primary N) is 1. The second-order valence-electron chi connectivity index (χ2n) is 4.31. The number of nitrogens with zero attached hydrogens (tertiary/aromatic N) is 1. The average Bonchev–Trinajstić information content (AvgIpc) is 2.37. The second-order valence-corrected chi connectivity index (χ2v) is 4.31. The van der Waals surface area contributed by atoms with Crippen LogP contribution in [0.4, 0.5) is 0 Å². The third-order valence-electron chi connectivity index (χ3n) is 2.44. The Kier molecular flexibility index (Phi) is 9.24. The van der Waals surface area contributed by atoms with Crippen LogP contribution in [0.3, 0.4) is 0 Å². The lowest BCUT2D eigenvalue weighted by atomic mass is 10.1. The quantitative estimate of drug-likeness (QED) is 0.308. The van der Waals surface area contributed by atoms with Gasteiger partial charge >= 0.3 is 0 Å². The van der Waals surface area contributed by atoms with Crippen molar-refractivity contribution in [3.63, 3.8) is 0 Å². The van der Waals surface area contributed by atoms with E-state index in [0.717, 1.165) is 24.1 Å². The van der Waals surface area contributed by atoms with E-state index in [4.69, 9.17) is 10.8 Å². The van der Waals surface area contributed by atoms with Crippen LogP contribution in [0.5, 0.6) is 0 Å². The van der Waals surface area contributed by atoms with Crippen molar-refractivity contribution < 1.29 is 5.11 Å². The molecule has 0 amide bonds. The highest BCUT2D eigenvalue weighted by atomic mass is 127. The lowest BCUT2D eigenvalue weighted by Crippen LogP contribution is -2.33. The Morgan fingerprint density at radius 3 is 2.42 bits per heavy atom. The number of guanidine groups is 1. The van der Waals surface area contributed by atoms with Crippen molar-refractivity contribution in [1.29, 1.82) is 0 Å². The third kappa shape index (κ3) is 7.84. The molecule has 1 aromatic rings. The molecule has 1 aromatic carbocycles. The zero-order valence-corrected chi connectivity index (χ0v) is 13.6. The van der Waals surface area contributed by atoms with Crippen molar-refractivity contribution in [1.82, 2.24) is 5.32 Å². The summed E-state index contributed by atoms with van der Waals surface area (Å²) < 4.78 is 0. The minimum Gasteiger partial charge on any atom is -0.392 e. The fraction of sp³-hybridized carbons (Fsp3) is 0.357. The second kappa shape index (κ2) is 9.80. The monoisotopic (exact) mass is 375 g/mol. The fourth-order valence-electron chi connectivity index (χ4n) is 1.42. The van der Waals surface area contributed by atoms with E-state index in [-0.39, 0.29) is 30.6 Å². The highest BCUT2D eigenvalue weighted by Gasteiger charge is 1.95. The molecule has 0 aliphatic rings. The summed E-state index contributed by atoms with van der Waals surface area (Å²) in [5.41, 5.74) is 8.81. The Morgan fingerprint density at radius 2 is 1.89 bits per heavy atom. The number of hydrogen-bond donors (Lipinski definition) is 3. The number of rotatable bonds is 6. The lowest BCUT2D eigenvalue weighted by molar-refractivity contribution is 0.282. The smallest absolute Gasteiger partial charge is 0.188 e. The van der Waals surface area contributed by atoms with Gasteiger partial charge < -0.3 is 16.2 Å². The Hall–Kier alpha value is -1.08. The molecule has 0 aliphatic heterocycles. The minimum absolute atomic E-state index is 0. The summed E-state index contributed by atoms with van der Waals surface area (Å²) in [4.78, 5) is 4.13. The summed E-state index contributed by atoms with van der Waals surface area (Å²) in [7, 11) is 0. The zero-order valence-electron chi connectivity index (χ0n) is 11.2. The molecular formula is C14H22IN3O. The molecule has 4 N–H and O–H groups in total. The number of halogens is 1. The molecule has 0 atom stereocenters. The zero-order chi connectivity index (χ0) is 13.4. The standard InChI is InChI=1S/C14H21N3O.HI/c1-11(2)9-17-14(15)16-8-7-12-3-5-13(10-18)6-4-12;/h3-6,18H,1,7-10H2,2H3,(H3,15,16,17);1H. The van der Waals surface area contributed by atoms with Crippen molar-refractivity contribution in [2.75, 3.05) is 13.1 Å². The van der Waals surface area contributed by atoms with Gasteiger partial charge in [0.1, 0.15) is 0 Å². The molecule has 0 aromatic heterocycles. The molecule has 0 saturated carbocycles. The molecule has 0 unspecified atom stereocenters. The van der Waals surface area contributed by atoms with Crippen LogP contribution in [0.1, 0.15) is 18.1 Å². The van der Waals surface area contributed by atoms with Crippen LogP contribution < -0.4 is 11.1 Å². The van der Waals surface area contributed by atoms with E-state index >= 15 is 0 Å². The maximum atomic E-state index is 8.93. The SMILES string of the molecule is C=C(C)CN=C(N)NCCc1ccc(CO)cc1.I. The van der Waals surface area contributed by atoms with Gasteiger partial charge in [0.2, 0.25) is 0 Å². The summed E-state index contributed by atoms with van der Waals surface area (Å²) in [6, 6.07) is 7.87. The molecular weight excluding hydrogens is 353 g/mol. The highest BCUT2D eigenvalue weighted by Crippen LogP contribution is 2.04. The fourth-order valence-corrected chi connectivity index (χ4v) is 1.42. The number of hydrogen-bond acceptors (Lipinski definition) is 2. The van der Waals surface area contributed by atoms with Crippen molar-refractivity contribution in [2.24, 2.45) is 10.7 Å². The predicted molar refractivity (Wildman–Crippen MR) is 90.8 cm³/mol. The van der Waals surface area contributed by atoms with Gasteiger partial charge in [0.15, 0.2) is 5.96 Å². The normalized spacial score (nSPS) is 10.7. The first-order valence-electron chi connectivity index (χ1n) is 5.98. The minimum atomic E-state index is 0. The van der Waals surface area contributed by atoms with E-state index in [0.29, 0.717) is 12.5 Å². The number of aliphatic imine (C=N–C) groups is 1. The first kappa shape index (κ1) is 17.9. The van der Waals surface area contributed by atoms with Gasteiger partial charge in [-0.1, -0.05) is 36.4 Å². The van der Waals surface area contributed by atoms with Crippen molar-refractivity contribution in [2.45, 2.75) is 20.0 Å². The molecule has 0 aliphatic carbocycles. The van der Waals surface area contributed by atoms with E-state index in [9.17, 15) is 0 Å². The first-order chi connectivity index (χ1) is 8.61. The molecule has 106 valence electrons. The lowest BCUT2D eigenvalue weighted by Gasteiger charge is -2.06. The van der Waals surface area contributed by atoms with Crippen LogP contribution in [0.25, 0.3) is 0 Å². The van der Waals surface area contributed by atoms with Crippen molar-refractivity contribution in [3.8, 4) is 0 Å². The molecule has 0 fully saturated rings. The maximum Gasteiger partial charge on any atom is 0.188 e. The van der Waals surface area contributed by atoms with E-state index in [1.165, 1.54) is 5.56 Å². The molecule has 0 spiro atoms. The molecule has 4 nitrogen and oxygen atoms in total. The van der Waals surface area contributed by atoms with Gasteiger partial charge in [0.05, 0.1) is 13.2 Å². The largest absolute Gasteiger partial charge is 0.392 e. The average molecular weight is 375 g/mol. The topological polar surface area (TPSA) is 70.6 Å². The predicted octanol–water partition coefficient (Wildman–Crippen LogP) is 1.82. The molecule has 0 saturated heterocycles. The van der Waals surface area contributed by atoms with Gasteiger partial charge in [0, 0.05) is 6.54 Å². The number of aliphatic hydroxyl groups excluding tert-OH is 1. The summed E-state index contributed by atoms with van der Waals surface area (Å²) in [5, 5.41) is 12.0. The van der Waals surface area contributed by atoms with E-state index in [1.54, 1.807) is 0 Å². The summed E-state index contributed by atoms with van der Waals surface area (Å²) in [6.45, 7) is 7.06. The van der Waals surface area contributed by atoms with Gasteiger partial charge in [-0.15, -0.1) is 24.0 Å². The van der Waals surface area contributed by atoms with Crippen LogP contribution in [-0.2, 0) is 13.0 Å². The van der Waals surface area contributed by atoms with Gasteiger partial charge in [-0.05, 0) is 24.5 Å². The number of nitrogens with one attached hydrogen (secondary N) is 1. The van der Waals surface area contributed by atoms with E-state index < -0.39 is 0 Å². The summed E-state index contributed by atoms with van der Waals surface area (Å²) in [5.74, 6) is 0.449. The van der Waals surface area contributed by atoms with Crippen LogP contribution in [0, 0.1) is 0 Å². The van der Waals surface area contributed by atoms with Crippen LogP contribution in [0.15, 0.2) is 41.4 Å². The Labute approximate surface area is 131 Å². The van der Waals surface area contributed by atoms with Crippen LogP contribution in [0.2, 0.25) is 0 Å². The maximum absolute atomic E-state index is 8.93. The van der Waals surface area contributed by atoms with Gasteiger partial charge in [-0.3, -0.25) is 0 Å². The van der Waals surface area contributed by atoms with Crippen molar-refractivity contribution in [3.05, 3.63) is 47.5 Å². The Balaban J connectivity index is 0.00000324. The van der Waals surface area contributed by atoms with Crippen LogP contribution >= 0.6 is 24.0 Å². The van der Waals surface area contributed by atoms with Crippen LogP contribution in [-0.4, -0.2) is 24.2 Å². The molecule has 5 heteroatoms. The van der Waals surface area contributed by atoms with E-state index in [1.807, 2.05) is 31.2 Å². The third-order valence-corrected chi connectivity index (χ3v) is 2.44. The number of benzene rings is 1. The van der Waals surface area contributed by atoms with Gasteiger partial charge in [-0.2, -0.15) is 0 Å². The Morgan fingerprint density at radius 1 is 1.32 bits per heavy atom. The molecule has 1 rings (SSSR count). The summed E-state index contributed by atoms with van der Waals surface area (Å²) >= 11 is 0. The van der Waals surface area contributed by atoms with Gasteiger partial charge in [0.25, 0.3) is 0 Å². The van der Waals surface area contributed by atoms with E-state index in [2.05, 4.69) is 16.9 Å². The number of aliphatic hydroxyl groups is 1. The summed E-state index contributed by atoms with van der Waals surface area (Å²) in [6.07, 6.45) is 0.870. The molecule has 0 heterocycles. The molecule has 0 bridgehead atoms. The molecule has 19 heavy (non-hydrogen) atoms. The highest BCUT2D eigenvalue weighted by molar-refractivity contribution is 14.0. The Bertz CT molecular complexity index is 415. The van der Waals surface area contributed by atoms with Gasteiger partial charge in [-0.25, -0.2) is 4.99 Å².